The molecule has 6 heteroatoms. The summed E-state index contributed by atoms with van der Waals surface area (Å²) in [5.41, 5.74) is 10.1. The minimum Gasteiger partial charge on any atom is -0.488 e. The van der Waals surface area contributed by atoms with Gasteiger partial charge in [0.15, 0.2) is 0 Å². The number of para-hydroxylation sites is 2. The molecule has 1 amide bonds. The van der Waals surface area contributed by atoms with Crippen LogP contribution in [0.1, 0.15) is 28.4 Å². The number of rotatable bonds is 7. The third-order valence-corrected chi connectivity index (χ3v) is 7.83. The van der Waals surface area contributed by atoms with Crippen LogP contribution in [0.4, 0.5) is 11.4 Å². The van der Waals surface area contributed by atoms with Crippen LogP contribution < -0.4 is 15.5 Å². The lowest BCUT2D eigenvalue weighted by Gasteiger charge is -2.21. The van der Waals surface area contributed by atoms with E-state index in [1.165, 1.54) is 4.90 Å². The first-order valence-corrected chi connectivity index (χ1v) is 13.8. The predicted molar refractivity (Wildman–Crippen MR) is 163 cm³/mol. The van der Waals surface area contributed by atoms with Crippen molar-refractivity contribution in [2.45, 2.75) is 23.3 Å². The highest BCUT2D eigenvalue weighted by atomic mass is 32.2. The van der Waals surface area contributed by atoms with Gasteiger partial charge in [0.2, 0.25) is 0 Å². The maximum Gasteiger partial charge on any atom is 0.271 e. The fourth-order valence-corrected chi connectivity index (χ4v) is 5.46. The molecule has 6 rings (SSSR count). The molecule has 0 bridgehead atoms. The Morgan fingerprint density at radius 3 is 2.33 bits per heavy atom. The molecule has 196 valence electrons. The van der Waals surface area contributed by atoms with Crippen molar-refractivity contribution in [3.63, 3.8) is 0 Å². The minimum absolute atomic E-state index is 0.262. The number of hydrazone groups is 1. The van der Waals surface area contributed by atoms with Gasteiger partial charge in [-0.05, 0) is 66.1 Å². The standard InChI is InChI=1S/C34H27N3O2S/c1-23(27-19-20-33-30(21-27)35-29-12-6-8-14-32(29)40-33)36-37-34(38)26-17-15-24(16-18-26)22-39-31-13-7-5-11-28(31)25-9-3-2-4-10-25/h2-21,35H,22H2,1H3,(H,37,38)/b36-23+. The molecular formula is C34H27N3O2S. The summed E-state index contributed by atoms with van der Waals surface area (Å²) in [5, 5.41) is 7.85. The Labute approximate surface area is 237 Å². The first-order chi connectivity index (χ1) is 19.6. The van der Waals surface area contributed by atoms with E-state index < -0.39 is 0 Å². The molecule has 1 heterocycles. The third kappa shape index (κ3) is 5.63. The lowest BCUT2D eigenvalue weighted by Crippen LogP contribution is -2.19. The molecule has 0 saturated carbocycles. The lowest BCUT2D eigenvalue weighted by atomic mass is 10.0. The zero-order valence-electron chi connectivity index (χ0n) is 21.9. The van der Waals surface area contributed by atoms with Gasteiger partial charge >= 0.3 is 0 Å². The minimum atomic E-state index is -0.262. The Bertz CT molecular complexity index is 1700. The number of carbonyl (C=O) groups is 1. The Hall–Kier alpha value is -4.81. The topological polar surface area (TPSA) is 62.7 Å². The fourth-order valence-electron chi connectivity index (χ4n) is 4.49. The molecule has 0 radical (unpaired) electrons. The number of amides is 1. The maximum atomic E-state index is 12.8. The van der Waals surface area contributed by atoms with Gasteiger partial charge < -0.3 is 10.1 Å². The summed E-state index contributed by atoms with van der Waals surface area (Å²) in [4.78, 5) is 15.1. The Morgan fingerprint density at radius 1 is 0.775 bits per heavy atom. The molecule has 1 aliphatic rings. The van der Waals surface area contributed by atoms with Crippen molar-refractivity contribution in [3.05, 3.63) is 138 Å². The maximum absolute atomic E-state index is 12.8. The van der Waals surface area contributed by atoms with E-state index in [9.17, 15) is 4.79 Å². The molecule has 0 aromatic heterocycles. The van der Waals surface area contributed by atoms with E-state index in [0.29, 0.717) is 12.2 Å². The van der Waals surface area contributed by atoms with E-state index in [1.807, 2.05) is 73.7 Å². The molecule has 5 nitrogen and oxygen atoms in total. The van der Waals surface area contributed by atoms with Gasteiger partial charge in [-0.1, -0.05) is 90.6 Å². The van der Waals surface area contributed by atoms with Crippen LogP contribution >= 0.6 is 11.8 Å². The molecule has 0 atom stereocenters. The Morgan fingerprint density at radius 2 is 1.48 bits per heavy atom. The van der Waals surface area contributed by atoms with Crippen molar-refractivity contribution in [1.82, 2.24) is 5.43 Å². The second-order valence-electron chi connectivity index (χ2n) is 9.42. The van der Waals surface area contributed by atoms with Gasteiger partial charge in [0.05, 0.1) is 17.1 Å². The highest BCUT2D eigenvalue weighted by Crippen LogP contribution is 2.44. The number of ether oxygens (including phenoxy) is 1. The molecule has 0 aliphatic carbocycles. The van der Waals surface area contributed by atoms with Crippen molar-refractivity contribution >= 4 is 34.8 Å². The van der Waals surface area contributed by atoms with Gasteiger partial charge in [0.1, 0.15) is 12.4 Å². The monoisotopic (exact) mass is 541 g/mol. The van der Waals surface area contributed by atoms with Crippen LogP contribution in [0.2, 0.25) is 0 Å². The average Bonchev–Trinajstić information content (AvgIpc) is 3.02. The summed E-state index contributed by atoms with van der Waals surface area (Å²) in [7, 11) is 0. The zero-order valence-corrected chi connectivity index (χ0v) is 22.7. The van der Waals surface area contributed by atoms with Crippen LogP contribution in [0.15, 0.2) is 136 Å². The van der Waals surface area contributed by atoms with Crippen LogP contribution in [0.25, 0.3) is 11.1 Å². The van der Waals surface area contributed by atoms with Crippen LogP contribution in [0, 0.1) is 0 Å². The summed E-state index contributed by atoms with van der Waals surface area (Å²) in [6.07, 6.45) is 0. The van der Waals surface area contributed by atoms with E-state index in [-0.39, 0.29) is 5.91 Å². The van der Waals surface area contributed by atoms with Gasteiger partial charge in [0.25, 0.3) is 5.91 Å². The summed E-state index contributed by atoms with van der Waals surface area (Å²) in [6, 6.07) is 40.0. The van der Waals surface area contributed by atoms with E-state index in [1.54, 1.807) is 23.9 Å². The molecule has 1 aliphatic heterocycles. The van der Waals surface area contributed by atoms with Crippen LogP contribution in [0.3, 0.4) is 0 Å². The number of hydrogen-bond donors (Lipinski definition) is 2. The SMILES string of the molecule is C/C(=N\NC(=O)c1ccc(COc2ccccc2-c2ccccc2)cc1)c1ccc2c(c1)Nc1ccccc1S2. The molecule has 0 fully saturated rings. The number of carbonyl (C=O) groups excluding carboxylic acids is 1. The van der Waals surface area contributed by atoms with Crippen molar-refractivity contribution < 1.29 is 9.53 Å². The fraction of sp³-hybridized carbons (Fsp3) is 0.0588. The second kappa shape index (κ2) is 11.5. The lowest BCUT2D eigenvalue weighted by molar-refractivity contribution is 0.0954. The van der Waals surface area contributed by atoms with E-state index >= 15 is 0 Å². The predicted octanol–water partition coefficient (Wildman–Crippen LogP) is 8.29. The molecule has 40 heavy (non-hydrogen) atoms. The van der Waals surface area contributed by atoms with Gasteiger partial charge in [-0.15, -0.1) is 0 Å². The van der Waals surface area contributed by atoms with Gasteiger partial charge in [-0.25, -0.2) is 5.43 Å². The smallest absolute Gasteiger partial charge is 0.271 e. The highest BCUT2D eigenvalue weighted by Gasteiger charge is 2.16. The molecular weight excluding hydrogens is 514 g/mol. The van der Waals surface area contributed by atoms with Crippen molar-refractivity contribution in [3.8, 4) is 16.9 Å². The normalized spacial score (nSPS) is 12.1. The first kappa shape index (κ1) is 25.5. The first-order valence-electron chi connectivity index (χ1n) is 13.0. The molecule has 0 unspecified atom stereocenters. The quantitative estimate of drug-likeness (QED) is 0.158. The third-order valence-electron chi connectivity index (χ3n) is 6.68. The van der Waals surface area contributed by atoms with Gasteiger partial charge in [-0.2, -0.15) is 5.10 Å². The molecule has 5 aromatic rings. The number of hydrogen-bond acceptors (Lipinski definition) is 5. The summed E-state index contributed by atoms with van der Waals surface area (Å²) < 4.78 is 6.14. The summed E-state index contributed by atoms with van der Waals surface area (Å²) in [5.74, 6) is 0.558. The van der Waals surface area contributed by atoms with Crippen LogP contribution in [-0.4, -0.2) is 11.6 Å². The number of anilines is 2. The summed E-state index contributed by atoms with van der Waals surface area (Å²) >= 11 is 1.74. The van der Waals surface area contributed by atoms with Crippen molar-refractivity contribution in [2.24, 2.45) is 5.10 Å². The number of nitrogens with zero attached hydrogens (tertiary/aromatic N) is 1. The average molecular weight is 542 g/mol. The molecule has 2 N–H and O–H groups in total. The number of nitrogens with one attached hydrogen (secondary N) is 2. The van der Waals surface area contributed by atoms with Crippen molar-refractivity contribution in [1.29, 1.82) is 0 Å². The van der Waals surface area contributed by atoms with E-state index in [0.717, 1.165) is 50.0 Å². The summed E-state index contributed by atoms with van der Waals surface area (Å²) in [6.45, 7) is 2.29. The molecule has 0 saturated heterocycles. The molecule has 0 spiro atoms. The van der Waals surface area contributed by atoms with Crippen LogP contribution in [-0.2, 0) is 6.61 Å². The Kier molecular flexibility index (Phi) is 7.33. The van der Waals surface area contributed by atoms with E-state index in [4.69, 9.17) is 4.74 Å². The zero-order chi connectivity index (χ0) is 27.3. The Balaban J connectivity index is 1.08. The van der Waals surface area contributed by atoms with Crippen LogP contribution in [0.5, 0.6) is 5.75 Å². The number of fused-ring (bicyclic) bond motifs is 2. The van der Waals surface area contributed by atoms with Gasteiger partial charge in [-0.3, -0.25) is 4.79 Å². The molecule has 5 aromatic carbocycles. The van der Waals surface area contributed by atoms with Crippen molar-refractivity contribution in [2.75, 3.05) is 5.32 Å². The second-order valence-corrected chi connectivity index (χ2v) is 10.5. The largest absolute Gasteiger partial charge is 0.488 e. The number of benzene rings is 5. The van der Waals surface area contributed by atoms with Gasteiger partial charge in [0, 0.05) is 20.9 Å². The highest BCUT2D eigenvalue weighted by molar-refractivity contribution is 7.99. The van der Waals surface area contributed by atoms with E-state index in [2.05, 4.69) is 58.3 Å².